The number of furan rings is 1. The van der Waals surface area contributed by atoms with Crippen LogP contribution in [0.1, 0.15) is 22.9 Å². The van der Waals surface area contributed by atoms with Crippen molar-refractivity contribution in [2.45, 2.75) is 13.0 Å². The maximum atomic E-state index is 13.1. The Morgan fingerprint density at radius 3 is 2.65 bits per heavy atom. The third-order valence-electron chi connectivity index (χ3n) is 5.13. The van der Waals surface area contributed by atoms with Crippen molar-refractivity contribution in [2.24, 2.45) is 0 Å². The number of Topliss-reactive ketones (excluding diaryl/α,β-unsaturated/α-hetero) is 1. The first-order valence-electron chi connectivity index (χ1n) is 9.41. The molecule has 1 saturated heterocycles. The molecule has 1 unspecified atom stereocenters. The summed E-state index contributed by atoms with van der Waals surface area (Å²) in [5.41, 5.74) is 2.06. The first kappa shape index (κ1) is 19.5. The normalized spacial score (nSPS) is 18.3. The van der Waals surface area contributed by atoms with Crippen molar-refractivity contribution in [3.63, 3.8) is 0 Å². The second-order valence-corrected chi connectivity index (χ2v) is 8.60. The number of halogens is 1. The Bertz CT molecular complexity index is 1360. The Labute approximate surface area is 186 Å². The van der Waals surface area contributed by atoms with Gasteiger partial charge in [-0.05, 0) is 37.3 Å². The standard InChI is InChI=1S/C23H15ClN2O4S/c1-12-4-6-13(7-5-12)20(27)18-19(16-3-2-10-30-16)26(22(29)21(18)28)23-25-15-9-8-14(24)11-17(15)31-23/h2-11,19,27H,1H3/b20-18+. The van der Waals surface area contributed by atoms with Crippen molar-refractivity contribution < 1.29 is 19.1 Å². The van der Waals surface area contributed by atoms with E-state index in [0.29, 0.717) is 27.0 Å². The van der Waals surface area contributed by atoms with Crippen molar-refractivity contribution in [1.82, 2.24) is 4.98 Å². The molecule has 1 fully saturated rings. The van der Waals surface area contributed by atoms with Crippen molar-refractivity contribution in [1.29, 1.82) is 0 Å². The van der Waals surface area contributed by atoms with E-state index in [2.05, 4.69) is 4.98 Å². The Balaban J connectivity index is 1.71. The van der Waals surface area contributed by atoms with E-state index >= 15 is 0 Å². The van der Waals surface area contributed by atoms with Crippen LogP contribution in [-0.2, 0) is 9.59 Å². The van der Waals surface area contributed by atoms with E-state index in [1.54, 1.807) is 42.5 Å². The fourth-order valence-electron chi connectivity index (χ4n) is 3.60. The first-order valence-corrected chi connectivity index (χ1v) is 10.6. The number of amides is 1. The highest BCUT2D eigenvalue weighted by atomic mass is 35.5. The summed E-state index contributed by atoms with van der Waals surface area (Å²) in [7, 11) is 0. The zero-order valence-electron chi connectivity index (χ0n) is 16.2. The van der Waals surface area contributed by atoms with Crippen LogP contribution in [0.5, 0.6) is 0 Å². The lowest BCUT2D eigenvalue weighted by atomic mass is 9.99. The maximum absolute atomic E-state index is 13.1. The Morgan fingerprint density at radius 1 is 1.16 bits per heavy atom. The quantitative estimate of drug-likeness (QED) is 0.254. The van der Waals surface area contributed by atoms with Gasteiger partial charge in [0.05, 0.1) is 22.1 Å². The highest BCUT2D eigenvalue weighted by Gasteiger charge is 2.49. The minimum absolute atomic E-state index is 0.0407. The van der Waals surface area contributed by atoms with E-state index in [1.165, 1.54) is 22.5 Å². The number of carbonyl (C=O) groups is 2. The second-order valence-electron chi connectivity index (χ2n) is 7.16. The van der Waals surface area contributed by atoms with E-state index in [1.807, 2.05) is 19.1 Å². The van der Waals surface area contributed by atoms with Crippen molar-refractivity contribution >= 4 is 55.7 Å². The second kappa shape index (κ2) is 7.37. The van der Waals surface area contributed by atoms with E-state index in [0.717, 1.165) is 10.3 Å². The van der Waals surface area contributed by atoms with Gasteiger partial charge < -0.3 is 9.52 Å². The molecular formula is C23H15ClN2O4S. The summed E-state index contributed by atoms with van der Waals surface area (Å²) >= 11 is 7.32. The number of fused-ring (bicyclic) bond motifs is 1. The van der Waals surface area contributed by atoms with Gasteiger partial charge in [-0.1, -0.05) is 52.8 Å². The molecule has 0 aliphatic carbocycles. The van der Waals surface area contributed by atoms with E-state index in [4.69, 9.17) is 16.0 Å². The summed E-state index contributed by atoms with van der Waals surface area (Å²) in [5.74, 6) is -1.48. The number of hydrogen-bond acceptors (Lipinski definition) is 6. The van der Waals surface area contributed by atoms with E-state index in [-0.39, 0.29) is 11.3 Å². The van der Waals surface area contributed by atoms with Crippen molar-refractivity contribution in [2.75, 3.05) is 4.90 Å². The molecule has 5 rings (SSSR count). The number of aliphatic hydroxyl groups excluding tert-OH is 1. The Kier molecular flexibility index (Phi) is 4.64. The molecule has 1 aliphatic rings. The van der Waals surface area contributed by atoms with E-state index < -0.39 is 17.7 Å². The topological polar surface area (TPSA) is 83.6 Å². The summed E-state index contributed by atoms with van der Waals surface area (Å²) in [6.07, 6.45) is 1.46. The third-order valence-corrected chi connectivity index (χ3v) is 6.38. The molecule has 0 bridgehead atoms. The number of anilines is 1. The molecule has 2 aromatic carbocycles. The first-order chi connectivity index (χ1) is 14.9. The molecule has 154 valence electrons. The van der Waals surface area contributed by atoms with Crippen LogP contribution in [0.25, 0.3) is 16.0 Å². The van der Waals surface area contributed by atoms with Gasteiger partial charge in [0, 0.05) is 10.6 Å². The van der Waals surface area contributed by atoms with Crippen LogP contribution in [0.3, 0.4) is 0 Å². The summed E-state index contributed by atoms with van der Waals surface area (Å²) < 4.78 is 6.34. The predicted octanol–water partition coefficient (Wildman–Crippen LogP) is 5.48. The van der Waals surface area contributed by atoms with Gasteiger partial charge in [-0.25, -0.2) is 4.98 Å². The minimum atomic E-state index is -0.938. The summed E-state index contributed by atoms with van der Waals surface area (Å²) in [6.45, 7) is 1.92. The number of thiazole rings is 1. The molecule has 6 nitrogen and oxygen atoms in total. The largest absolute Gasteiger partial charge is 0.507 e. The number of hydrogen-bond donors (Lipinski definition) is 1. The van der Waals surface area contributed by atoms with Gasteiger partial charge in [-0.15, -0.1) is 0 Å². The molecule has 2 aromatic heterocycles. The molecule has 1 aliphatic heterocycles. The lowest BCUT2D eigenvalue weighted by molar-refractivity contribution is -0.132. The van der Waals surface area contributed by atoms with Crippen LogP contribution in [0.2, 0.25) is 5.02 Å². The number of nitrogens with zero attached hydrogens (tertiary/aromatic N) is 2. The highest BCUT2D eigenvalue weighted by Crippen LogP contribution is 2.44. The summed E-state index contributed by atoms with van der Waals surface area (Å²) in [5, 5.41) is 11.9. The SMILES string of the molecule is Cc1ccc(/C(O)=C2\C(=O)C(=O)N(c3nc4ccc(Cl)cc4s3)C2c2ccco2)cc1. The number of ketones is 1. The van der Waals surface area contributed by atoms with Gasteiger partial charge in [0.25, 0.3) is 5.78 Å². The van der Waals surface area contributed by atoms with Crippen LogP contribution in [-0.4, -0.2) is 21.8 Å². The minimum Gasteiger partial charge on any atom is -0.507 e. The van der Waals surface area contributed by atoms with Gasteiger partial charge >= 0.3 is 5.91 Å². The average Bonchev–Trinajstić information content (AvgIpc) is 3.47. The van der Waals surface area contributed by atoms with Gasteiger partial charge in [0.1, 0.15) is 17.6 Å². The van der Waals surface area contributed by atoms with Crippen LogP contribution < -0.4 is 4.90 Å². The van der Waals surface area contributed by atoms with Crippen LogP contribution in [0.15, 0.2) is 70.9 Å². The van der Waals surface area contributed by atoms with Crippen molar-refractivity contribution in [3.8, 4) is 0 Å². The maximum Gasteiger partial charge on any atom is 0.302 e. The molecule has 1 amide bonds. The third kappa shape index (κ3) is 3.22. The fourth-order valence-corrected chi connectivity index (χ4v) is 4.87. The number of carbonyl (C=O) groups excluding carboxylic acids is 2. The predicted molar refractivity (Wildman–Crippen MR) is 119 cm³/mol. The fraction of sp³-hybridized carbons (Fsp3) is 0.0870. The molecule has 31 heavy (non-hydrogen) atoms. The molecule has 8 heteroatoms. The number of aromatic nitrogens is 1. The number of rotatable bonds is 3. The molecular weight excluding hydrogens is 436 g/mol. The van der Waals surface area contributed by atoms with Gasteiger partial charge in [-0.2, -0.15) is 0 Å². The summed E-state index contributed by atoms with van der Waals surface area (Å²) in [4.78, 5) is 31.9. The monoisotopic (exact) mass is 450 g/mol. The average molecular weight is 451 g/mol. The highest BCUT2D eigenvalue weighted by molar-refractivity contribution is 7.22. The number of aryl methyl sites for hydroxylation is 1. The molecule has 0 radical (unpaired) electrons. The smallest absolute Gasteiger partial charge is 0.302 e. The van der Waals surface area contributed by atoms with Crippen LogP contribution in [0, 0.1) is 6.92 Å². The van der Waals surface area contributed by atoms with Crippen LogP contribution >= 0.6 is 22.9 Å². The van der Waals surface area contributed by atoms with Crippen molar-refractivity contribution in [3.05, 3.63) is 88.3 Å². The van der Waals surface area contributed by atoms with Gasteiger partial charge in [0.2, 0.25) is 0 Å². The molecule has 1 atom stereocenters. The molecule has 4 aromatic rings. The van der Waals surface area contributed by atoms with E-state index in [9.17, 15) is 14.7 Å². The van der Waals surface area contributed by atoms with Gasteiger partial charge in [-0.3, -0.25) is 14.5 Å². The Hall–Kier alpha value is -3.42. The molecule has 1 N–H and O–H groups in total. The number of benzene rings is 2. The lowest BCUT2D eigenvalue weighted by Crippen LogP contribution is -2.29. The number of aliphatic hydroxyl groups is 1. The zero-order chi connectivity index (χ0) is 21.7. The van der Waals surface area contributed by atoms with Crippen LogP contribution in [0.4, 0.5) is 5.13 Å². The van der Waals surface area contributed by atoms with Gasteiger partial charge in [0.15, 0.2) is 5.13 Å². The zero-order valence-corrected chi connectivity index (χ0v) is 17.8. The lowest BCUT2D eigenvalue weighted by Gasteiger charge is -2.20. The molecule has 3 heterocycles. The summed E-state index contributed by atoms with van der Waals surface area (Å²) in [6, 6.07) is 14.7. The molecule has 0 spiro atoms. The Morgan fingerprint density at radius 2 is 1.94 bits per heavy atom. The molecule has 0 saturated carbocycles.